The molecule has 0 spiro atoms. The van der Waals surface area contributed by atoms with Crippen LogP contribution >= 0.6 is 23.2 Å². The molecule has 0 amide bonds. The van der Waals surface area contributed by atoms with Crippen molar-refractivity contribution in [3.63, 3.8) is 0 Å². The molecule has 0 saturated heterocycles. The molecule has 3 rings (SSSR count). The summed E-state index contributed by atoms with van der Waals surface area (Å²) >= 11 is 11.9. The standard InChI is InChI=1S/C16H8Cl2F3NO4/c17-8-3-9(6-22-5-8)25-13-4-12-7(2-11(13)18)1-10(15(23)24)14(26-12)16(19,20)21/h1-6,14H,(H,23,24). The van der Waals surface area contributed by atoms with Gasteiger partial charge in [0, 0.05) is 23.9 Å². The maximum absolute atomic E-state index is 13.1. The van der Waals surface area contributed by atoms with Gasteiger partial charge in [0.05, 0.1) is 21.8 Å². The molecule has 136 valence electrons. The fourth-order valence-corrected chi connectivity index (χ4v) is 2.64. The van der Waals surface area contributed by atoms with Gasteiger partial charge in [0.15, 0.2) is 0 Å². The van der Waals surface area contributed by atoms with Crippen LogP contribution in [0.25, 0.3) is 6.08 Å². The minimum Gasteiger partial charge on any atom is -0.478 e. The Morgan fingerprint density at radius 2 is 1.96 bits per heavy atom. The van der Waals surface area contributed by atoms with E-state index in [9.17, 15) is 18.0 Å². The molecule has 1 aromatic carbocycles. The van der Waals surface area contributed by atoms with Gasteiger partial charge in [-0.3, -0.25) is 4.98 Å². The maximum Gasteiger partial charge on any atom is 0.430 e. The number of hydrogen-bond acceptors (Lipinski definition) is 4. The Kier molecular flexibility index (Phi) is 4.72. The summed E-state index contributed by atoms with van der Waals surface area (Å²) in [6.07, 6.45) is -3.92. The van der Waals surface area contributed by atoms with E-state index in [4.69, 9.17) is 37.8 Å². The SMILES string of the molecule is O=C(O)C1=Cc2cc(Cl)c(Oc3cncc(Cl)c3)cc2OC1C(F)(F)F. The summed E-state index contributed by atoms with van der Waals surface area (Å²) in [5.41, 5.74) is -0.849. The lowest BCUT2D eigenvalue weighted by molar-refractivity contribution is -0.187. The molecule has 1 aliphatic heterocycles. The molecule has 1 aromatic heterocycles. The number of ether oxygens (including phenoxy) is 2. The number of nitrogens with zero attached hydrogens (tertiary/aromatic N) is 1. The molecule has 5 nitrogen and oxygen atoms in total. The Hall–Kier alpha value is -2.45. The lowest BCUT2D eigenvalue weighted by atomic mass is 10.0. The molecule has 0 fully saturated rings. The molecular formula is C16H8Cl2F3NO4. The van der Waals surface area contributed by atoms with Crippen LogP contribution in [0.4, 0.5) is 13.2 Å². The molecule has 1 atom stereocenters. The highest BCUT2D eigenvalue weighted by Crippen LogP contribution is 2.42. The number of alkyl halides is 3. The quantitative estimate of drug-likeness (QED) is 0.780. The highest BCUT2D eigenvalue weighted by atomic mass is 35.5. The van der Waals surface area contributed by atoms with Crippen molar-refractivity contribution in [2.45, 2.75) is 12.3 Å². The van der Waals surface area contributed by atoms with Gasteiger partial charge in [0.2, 0.25) is 6.10 Å². The highest BCUT2D eigenvalue weighted by Gasteiger charge is 2.48. The molecule has 1 unspecified atom stereocenters. The minimum atomic E-state index is -4.90. The van der Waals surface area contributed by atoms with Crippen molar-refractivity contribution < 1.29 is 32.5 Å². The van der Waals surface area contributed by atoms with Gasteiger partial charge in [-0.15, -0.1) is 0 Å². The van der Waals surface area contributed by atoms with Crippen molar-refractivity contribution in [1.29, 1.82) is 0 Å². The van der Waals surface area contributed by atoms with Crippen molar-refractivity contribution in [1.82, 2.24) is 4.98 Å². The van der Waals surface area contributed by atoms with E-state index >= 15 is 0 Å². The van der Waals surface area contributed by atoms with E-state index in [2.05, 4.69) is 4.98 Å². The Bertz CT molecular complexity index is 915. The van der Waals surface area contributed by atoms with Gasteiger partial charge in [0.25, 0.3) is 0 Å². The van der Waals surface area contributed by atoms with Gasteiger partial charge in [-0.05, 0) is 12.1 Å². The summed E-state index contributed by atoms with van der Waals surface area (Å²) in [5.74, 6) is -1.74. The molecule has 10 heteroatoms. The zero-order valence-electron chi connectivity index (χ0n) is 12.6. The van der Waals surface area contributed by atoms with E-state index in [1.807, 2.05) is 0 Å². The van der Waals surface area contributed by atoms with E-state index in [1.165, 1.54) is 24.5 Å². The largest absolute Gasteiger partial charge is 0.478 e. The van der Waals surface area contributed by atoms with E-state index in [1.54, 1.807) is 0 Å². The van der Waals surface area contributed by atoms with Crippen LogP contribution in [-0.2, 0) is 4.79 Å². The van der Waals surface area contributed by atoms with Crippen LogP contribution < -0.4 is 9.47 Å². The highest BCUT2D eigenvalue weighted by molar-refractivity contribution is 6.32. The lowest BCUT2D eigenvalue weighted by Gasteiger charge is -2.27. The van der Waals surface area contributed by atoms with Crippen molar-refractivity contribution in [3.8, 4) is 17.2 Å². The van der Waals surface area contributed by atoms with Crippen LogP contribution in [0.5, 0.6) is 17.2 Å². The van der Waals surface area contributed by atoms with Gasteiger partial charge in [-0.25, -0.2) is 4.79 Å². The zero-order chi connectivity index (χ0) is 19.1. The molecule has 0 bridgehead atoms. The second-order valence-corrected chi connectivity index (χ2v) is 6.05. The lowest BCUT2D eigenvalue weighted by Crippen LogP contribution is -2.40. The van der Waals surface area contributed by atoms with Gasteiger partial charge in [-0.1, -0.05) is 23.2 Å². The van der Waals surface area contributed by atoms with Gasteiger partial charge < -0.3 is 14.6 Å². The number of rotatable bonds is 3. The Morgan fingerprint density at radius 1 is 1.23 bits per heavy atom. The third kappa shape index (κ3) is 3.71. The molecule has 26 heavy (non-hydrogen) atoms. The molecule has 2 heterocycles. The van der Waals surface area contributed by atoms with Crippen LogP contribution in [0.3, 0.4) is 0 Å². The van der Waals surface area contributed by atoms with Gasteiger partial charge >= 0.3 is 12.1 Å². The fraction of sp³-hybridized carbons (Fsp3) is 0.125. The van der Waals surface area contributed by atoms with E-state index < -0.39 is 23.8 Å². The number of aliphatic carboxylic acids is 1. The first kappa shape index (κ1) is 18.3. The Labute approximate surface area is 154 Å². The van der Waals surface area contributed by atoms with E-state index in [0.717, 1.165) is 12.1 Å². The van der Waals surface area contributed by atoms with Crippen LogP contribution in [-0.4, -0.2) is 28.3 Å². The topological polar surface area (TPSA) is 68.7 Å². The normalized spacial score (nSPS) is 16.3. The monoisotopic (exact) mass is 405 g/mol. The molecule has 0 saturated carbocycles. The summed E-state index contributed by atoms with van der Waals surface area (Å²) in [4.78, 5) is 14.9. The predicted molar refractivity (Wildman–Crippen MR) is 86.9 cm³/mol. The third-order valence-electron chi connectivity index (χ3n) is 3.35. The number of carboxylic acids is 1. The first-order chi connectivity index (χ1) is 12.1. The van der Waals surface area contributed by atoms with Crippen molar-refractivity contribution in [3.05, 3.63) is 51.8 Å². The minimum absolute atomic E-state index is 0.00239. The summed E-state index contributed by atoms with van der Waals surface area (Å²) < 4.78 is 49.7. The molecular weight excluding hydrogens is 398 g/mol. The van der Waals surface area contributed by atoms with Crippen LogP contribution in [0, 0.1) is 0 Å². The molecule has 0 aliphatic carbocycles. The molecule has 1 aliphatic rings. The maximum atomic E-state index is 13.1. The summed E-state index contributed by atoms with van der Waals surface area (Å²) in [6, 6.07) is 3.83. The van der Waals surface area contributed by atoms with Crippen molar-refractivity contribution in [2.75, 3.05) is 0 Å². The number of fused-ring (bicyclic) bond motifs is 1. The molecule has 1 N–H and O–H groups in total. The smallest absolute Gasteiger partial charge is 0.430 e. The van der Waals surface area contributed by atoms with Gasteiger partial charge in [0.1, 0.15) is 17.2 Å². The number of halogens is 5. The summed E-state index contributed by atoms with van der Waals surface area (Å²) in [5, 5.41) is 9.35. The van der Waals surface area contributed by atoms with Crippen LogP contribution in [0.2, 0.25) is 10.0 Å². The second kappa shape index (κ2) is 6.69. The number of aromatic nitrogens is 1. The van der Waals surface area contributed by atoms with Crippen LogP contribution in [0.15, 0.2) is 36.2 Å². The first-order valence-corrected chi connectivity index (χ1v) is 7.71. The summed E-state index contributed by atoms with van der Waals surface area (Å²) in [7, 11) is 0. The second-order valence-electron chi connectivity index (χ2n) is 5.21. The number of benzene rings is 1. The van der Waals surface area contributed by atoms with Crippen LogP contribution in [0.1, 0.15) is 5.56 Å². The van der Waals surface area contributed by atoms with E-state index in [0.29, 0.717) is 5.02 Å². The average molecular weight is 406 g/mol. The molecule has 0 radical (unpaired) electrons. The number of carbonyl (C=O) groups is 1. The number of carboxylic acid groups (broad SMARTS) is 1. The Morgan fingerprint density at radius 3 is 2.58 bits per heavy atom. The first-order valence-electron chi connectivity index (χ1n) is 6.95. The number of pyridine rings is 1. The van der Waals surface area contributed by atoms with E-state index in [-0.39, 0.29) is 27.8 Å². The molecule has 2 aromatic rings. The predicted octanol–water partition coefficient (Wildman–Crippen LogP) is 4.97. The number of hydrogen-bond donors (Lipinski definition) is 1. The van der Waals surface area contributed by atoms with Gasteiger partial charge in [-0.2, -0.15) is 13.2 Å². The third-order valence-corrected chi connectivity index (χ3v) is 3.86. The Balaban J connectivity index is 2.01. The zero-order valence-corrected chi connectivity index (χ0v) is 14.1. The average Bonchev–Trinajstić information content (AvgIpc) is 2.53. The fourth-order valence-electron chi connectivity index (χ4n) is 2.27. The van der Waals surface area contributed by atoms with Crippen molar-refractivity contribution >= 4 is 35.2 Å². The van der Waals surface area contributed by atoms with Crippen molar-refractivity contribution in [2.24, 2.45) is 0 Å². The summed E-state index contributed by atoms with van der Waals surface area (Å²) in [6.45, 7) is 0.